The molecule has 34 heavy (non-hydrogen) atoms. The van der Waals surface area contributed by atoms with Gasteiger partial charge < -0.3 is 24.8 Å². The number of aliphatic imine (C=N–C) groups is 1. The number of guanidine groups is 1. The lowest BCUT2D eigenvalue weighted by Crippen LogP contribution is -2.39. The number of ether oxygens (including phenoxy) is 3. The molecule has 0 radical (unpaired) electrons. The van der Waals surface area contributed by atoms with Gasteiger partial charge in [-0.2, -0.15) is 0 Å². The number of nitrogens with one attached hydrogen (secondary N) is 3. The maximum atomic E-state index is 5.54. The number of para-hydroxylation sites is 1. The zero-order valence-electron chi connectivity index (χ0n) is 19.8. The van der Waals surface area contributed by atoms with Gasteiger partial charge in [0.2, 0.25) is 11.9 Å². The van der Waals surface area contributed by atoms with Crippen molar-refractivity contribution >= 4 is 34.9 Å². The Balaban J connectivity index is 1.84. The summed E-state index contributed by atoms with van der Waals surface area (Å²) in [5.41, 5.74) is 3.23. The summed E-state index contributed by atoms with van der Waals surface area (Å²) in [4.78, 5) is 13.5. The van der Waals surface area contributed by atoms with Crippen molar-refractivity contribution in [1.29, 1.82) is 0 Å². The molecule has 0 aliphatic rings. The van der Waals surface area contributed by atoms with Gasteiger partial charge in [-0.1, -0.05) is 18.2 Å². The van der Waals surface area contributed by atoms with Gasteiger partial charge in [-0.3, -0.25) is 5.32 Å². The predicted molar refractivity (Wildman–Crippen MR) is 138 cm³/mol. The zero-order valence-corrected chi connectivity index (χ0v) is 20.6. The highest BCUT2D eigenvalue weighted by atomic mass is 32.1. The molecule has 3 N–H and O–H groups in total. The van der Waals surface area contributed by atoms with Crippen molar-refractivity contribution in [3.63, 3.8) is 0 Å². The molecule has 0 spiro atoms. The minimum Gasteiger partial charge on any atom is -0.497 e. The number of rotatable bonds is 7. The van der Waals surface area contributed by atoms with Crippen LogP contribution in [0.1, 0.15) is 17.0 Å². The minimum atomic E-state index is 0.294. The van der Waals surface area contributed by atoms with E-state index in [9.17, 15) is 0 Å². The Labute approximate surface area is 204 Å². The van der Waals surface area contributed by atoms with Crippen LogP contribution in [-0.4, -0.2) is 42.4 Å². The first-order valence-electron chi connectivity index (χ1n) is 10.5. The summed E-state index contributed by atoms with van der Waals surface area (Å²) in [5.74, 6) is 2.80. The molecule has 0 aliphatic carbocycles. The van der Waals surface area contributed by atoms with E-state index in [-0.39, 0.29) is 0 Å². The second-order valence-corrected chi connectivity index (χ2v) is 7.63. The van der Waals surface area contributed by atoms with Crippen LogP contribution in [0, 0.1) is 13.8 Å². The maximum Gasteiger partial charge on any atom is 0.229 e. The van der Waals surface area contributed by atoms with Crippen LogP contribution in [0.2, 0.25) is 0 Å². The molecule has 3 aromatic rings. The number of aryl methyl sites for hydroxylation is 2. The van der Waals surface area contributed by atoms with Gasteiger partial charge in [-0.15, -0.1) is 0 Å². The fourth-order valence-corrected chi connectivity index (χ4v) is 3.38. The highest BCUT2D eigenvalue weighted by molar-refractivity contribution is 7.80. The smallest absolute Gasteiger partial charge is 0.229 e. The third kappa shape index (κ3) is 6.79. The predicted octanol–water partition coefficient (Wildman–Crippen LogP) is 4.07. The molecule has 0 amide bonds. The number of aromatic nitrogens is 2. The Morgan fingerprint density at radius 1 is 0.882 bits per heavy atom. The highest BCUT2D eigenvalue weighted by Gasteiger charge is 2.11. The lowest BCUT2D eigenvalue weighted by atomic mass is 10.2. The fraction of sp³-hybridized carbons (Fsp3) is 0.250. The van der Waals surface area contributed by atoms with Crippen molar-refractivity contribution in [2.24, 2.45) is 4.99 Å². The first kappa shape index (κ1) is 24.7. The molecule has 0 unspecified atom stereocenters. The van der Waals surface area contributed by atoms with E-state index in [2.05, 4.69) is 30.9 Å². The second-order valence-electron chi connectivity index (χ2n) is 7.22. The molecule has 0 fully saturated rings. The van der Waals surface area contributed by atoms with Crippen molar-refractivity contribution in [2.75, 3.05) is 32.0 Å². The molecule has 2 aromatic carbocycles. The summed E-state index contributed by atoms with van der Waals surface area (Å²) in [5, 5.41) is 9.64. The Kier molecular flexibility index (Phi) is 8.58. The van der Waals surface area contributed by atoms with E-state index in [1.807, 2.05) is 44.2 Å². The fourth-order valence-electron chi connectivity index (χ4n) is 3.17. The number of anilines is 2. The van der Waals surface area contributed by atoms with Gasteiger partial charge in [-0.05, 0) is 50.3 Å². The normalized spacial score (nSPS) is 10.9. The number of hydrogen-bond acceptors (Lipinski definition) is 7. The monoisotopic (exact) mass is 480 g/mol. The van der Waals surface area contributed by atoms with E-state index < -0.39 is 0 Å². The van der Waals surface area contributed by atoms with E-state index >= 15 is 0 Å². The van der Waals surface area contributed by atoms with Gasteiger partial charge in [-0.25, -0.2) is 15.0 Å². The second kappa shape index (κ2) is 11.8. The summed E-state index contributed by atoms with van der Waals surface area (Å²) in [6.07, 6.45) is 0. The van der Waals surface area contributed by atoms with Gasteiger partial charge in [0.25, 0.3) is 0 Å². The summed E-state index contributed by atoms with van der Waals surface area (Å²) >= 11 is 5.54. The molecular weight excluding hydrogens is 452 g/mol. The third-order valence-electron chi connectivity index (χ3n) is 4.70. The first-order chi connectivity index (χ1) is 16.4. The molecule has 178 valence electrons. The molecule has 0 saturated heterocycles. The highest BCUT2D eigenvalue weighted by Crippen LogP contribution is 2.28. The van der Waals surface area contributed by atoms with Gasteiger partial charge in [0.1, 0.15) is 17.2 Å². The van der Waals surface area contributed by atoms with Crippen LogP contribution in [0.5, 0.6) is 17.2 Å². The van der Waals surface area contributed by atoms with Crippen LogP contribution < -0.4 is 30.2 Å². The number of methoxy groups -OCH3 is 3. The van der Waals surface area contributed by atoms with Crippen molar-refractivity contribution in [3.8, 4) is 17.2 Å². The average Bonchev–Trinajstić information content (AvgIpc) is 2.82. The van der Waals surface area contributed by atoms with Crippen molar-refractivity contribution < 1.29 is 14.2 Å². The molecule has 0 atom stereocenters. The molecule has 0 aliphatic heterocycles. The van der Waals surface area contributed by atoms with Crippen LogP contribution >= 0.6 is 12.2 Å². The third-order valence-corrected chi connectivity index (χ3v) is 4.90. The van der Waals surface area contributed by atoms with E-state index in [1.165, 1.54) is 0 Å². The summed E-state index contributed by atoms with van der Waals surface area (Å²) in [6, 6.07) is 15.0. The van der Waals surface area contributed by atoms with Crippen LogP contribution in [0.25, 0.3) is 0 Å². The van der Waals surface area contributed by atoms with E-state index in [4.69, 9.17) is 26.4 Å². The summed E-state index contributed by atoms with van der Waals surface area (Å²) in [6.45, 7) is 4.15. The SMILES string of the molecule is COc1ccc(OC)c(NC(=S)NC(=NCc2ccccc2OC)Nc2nc(C)cc(C)n2)c1. The quantitative estimate of drug-likeness (QED) is 0.262. The number of nitrogens with zero attached hydrogens (tertiary/aromatic N) is 3. The largest absolute Gasteiger partial charge is 0.497 e. The molecule has 0 saturated carbocycles. The van der Waals surface area contributed by atoms with Gasteiger partial charge in [0, 0.05) is 23.0 Å². The molecular formula is C24H28N6O3S. The molecule has 9 nitrogen and oxygen atoms in total. The Morgan fingerprint density at radius 3 is 2.26 bits per heavy atom. The van der Waals surface area contributed by atoms with Gasteiger partial charge >= 0.3 is 0 Å². The molecule has 1 heterocycles. The number of thiocarbonyl (C=S) groups is 1. The van der Waals surface area contributed by atoms with E-state index in [0.29, 0.717) is 40.8 Å². The lowest BCUT2D eigenvalue weighted by molar-refractivity contribution is 0.405. The summed E-state index contributed by atoms with van der Waals surface area (Å²) < 4.78 is 16.2. The minimum absolute atomic E-state index is 0.294. The van der Waals surface area contributed by atoms with E-state index in [1.54, 1.807) is 39.5 Å². The van der Waals surface area contributed by atoms with Gasteiger partial charge in [0.15, 0.2) is 5.11 Å². The molecule has 0 bridgehead atoms. The first-order valence-corrected chi connectivity index (χ1v) is 10.9. The van der Waals surface area contributed by atoms with Crippen molar-refractivity contribution in [1.82, 2.24) is 15.3 Å². The van der Waals surface area contributed by atoms with E-state index in [0.717, 1.165) is 22.7 Å². The standard InChI is InChI=1S/C24H28N6O3S/c1-15-12-16(2)27-23(26-15)29-22(25-14-17-8-6-7-9-20(17)32-4)30-24(34)28-19-13-18(31-3)10-11-21(19)33-5/h6-13H,14H2,1-5H3,(H3,25,26,27,28,29,30,34). The van der Waals surface area contributed by atoms with Crippen LogP contribution in [0.4, 0.5) is 11.6 Å². The zero-order chi connectivity index (χ0) is 24.5. The molecule has 3 rings (SSSR count). The van der Waals surface area contributed by atoms with Crippen LogP contribution in [0.3, 0.4) is 0 Å². The van der Waals surface area contributed by atoms with Crippen molar-refractivity contribution in [2.45, 2.75) is 20.4 Å². The Hall–Kier alpha value is -3.92. The van der Waals surface area contributed by atoms with Crippen LogP contribution in [0.15, 0.2) is 53.5 Å². The topological polar surface area (TPSA) is 102 Å². The Bertz CT molecular complexity index is 1160. The van der Waals surface area contributed by atoms with Crippen molar-refractivity contribution in [3.05, 3.63) is 65.5 Å². The van der Waals surface area contributed by atoms with Crippen LogP contribution in [-0.2, 0) is 6.54 Å². The summed E-state index contributed by atoms with van der Waals surface area (Å²) in [7, 11) is 4.81. The number of hydrogen-bond donors (Lipinski definition) is 3. The molecule has 10 heteroatoms. The average molecular weight is 481 g/mol. The lowest BCUT2D eigenvalue weighted by Gasteiger charge is -2.16. The number of benzene rings is 2. The molecule has 1 aromatic heterocycles. The maximum absolute atomic E-state index is 5.54. The Morgan fingerprint density at radius 2 is 1.59 bits per heavy atom. The van der Waals surface area contributed by atoms with Gasteiger partial charge in [0.05, 0.1) is 33.6 Å².